The third-order valence-electron chi connectivity index (χ3n) is 3.09. The van der Waals surface area contributed by atoms with E-state index in [0.29, 0.717) is 18.2 Å². The van der Waals surface area contributed by atoms with E-state index in [4.69, 9.17) is 10.9 Å². The van der Waals surface area contributed by atoms with Gasteiger partial charge in [-0.3, -0.25) is 4.98 Å². The zero-order valence-electron chi connectivity index (χ0n) is 11.7. The van der Waals surface area contributed by atoms with E-state index in [1.165, 1.54) is 0 Å². The molecule has 0 aliphatic heterocycles. The maximum atomic E-state index is 13.1. The molecule has 2 rings (SSSR count). The molecule has 10 heteroatoms. The first-order valence-corrected chi connectivity index (χ1v) is 6.27. The summed E-state index contributed by atoms with van der Waals surface area (Å²) in [6, 6.07) is 3.21. The zero-order valence-corrected chi connectivity index (χ0v) is 11.7. The van der Waals surface area contributed by atoms with Gasteiger partial charge in [0.15, 0.2) is 5.84 Å². The number of hydrogen-bond donors (Lipinski definition) is 2. The van der Waals surface area contributed by atoms with Crippen LogP contribution in [0.2, 0.25) is 0 Å². The molecular weight excluding hydrogens is 340 g/mol. The van der Waals surface area contributed by atoms with E-state index < -0.39 is 34.9 Å². The monoisotopic (exact) mass is 349 g/mol. The first-order chi connectivity index (χ1) is 11.0. The van der Waals surface area contributed by atoms with Crippen molar-refractivity contribution in [3.63, 3.8) is 0 Å². The second-order valence-corrected chi connectivity index (χ2v) is 4.67. The van der Waals surface area contributed by atoms with Gasteiger partial charge in [0.25, 0.3) is 0 Å². The highest BCUT2D eigenvalue weighted by atomic mass is 19.4. The van der Waals surface area contributed by atoms with Crippen molar-refractivity contribution < 1.29 is 31.5 Å². The fourth-order valence-electron chi connectivity index (χ4n) is 2.00. The number of alkyl halides is 6. The Morgan fingerprint density at radius 1 is 1.00 bits per heavy atom. The smallest absolute Gasteiger partial charge is 0.409 e. The number of oxime groups is 1. The summed E-state index contributed by atoms with van der Waals surface area (Å²) in [6.45, 7) is 0. The van der Waals surface area contributed by atoms with Crippen LogP contribution in [0.4, 0.5) is 26.3 Å². The van der Waals surface area contributed by atoms with Crippen LogP contribution in [0.5, 0.6) is 0 Å². The molecule has 1 heterocycles. The third-order valence-corrected chi connectivity index (χ3v) is 3.09. The molecule has 0 unspecified atom stereocenters. The summed E-state index contributed by atoms with van der Waals surface area (Å²) in [5, 5.41) is 11.2. The Morgan fingerprint density at radius 2 is 1.67 bits per heavy atom. The molecule has 128 valence electrons. The number of benzene rings is 1. The summed E-state index contributed by atoms with van der Waals surface area (Å²) in [6.07, 6.45) is -8.62. The van der Waals surface area contributed by atoms with Crippen LogP contribution in [0, 0.1) is 0 Å². The molecule has 2 aromatic rings. The Balaban J connectivity index is 2.71. The Labute approximate surface area is 131 Å². The quantitative estimate of drug-likeness (QED) is 0.284. The number of rotatable bonds is 2. The highest BCUT2D eigenvalue weighted by Crippen LogP contribution is 2.40. The van der Waals surface area contributed by atoms with Crippen molar-refractivity contribution in [3.8, 4) is 11.1 Å². The van der Waals surface area contributed by atoms with Crippen LogP contribution in [-0.4, -0.2) is 16.0 Å². The largest absolute Gasteiger partial charge is 0.417 e. The zero-order chi connectivity index (χ0) is 18.1. The topological polar surface area (TPSA) is 71.5 Å². The number of nitrogens with zero attached hydrogens (tertiary/aromatic N) is 2. The fraction of sp³-hybridized carbons (Fsp3) is 0.143. The van der Waals surface area contributed by atoms with Crippen LogP contribution >= 0.6 is 0 Å². The molecule has 1 aromatic carbocycles. The van der Waals surface area contributed by atoms with Crippen molar-refractivity contribution in [1.29, 1.82) is 0 Å². The molecule has 0 atom stereocenters. The molecule has 0 radical (unpaired) electrons. The van der Waals surface area contributed by atoms with E-state index >= 15 is 0 Å². The van der Waals surface area contributed by atoms with E-state index in [0.717, 1.165) is 18.3 Å². The summed E-state index contributed by atoms with van der Waals surface area (Å²) in [4.78, 5) is 3.68. The van der Waals surface area contributed by atoms with Gasteiger partial charge in [-0.15, -0.1) is 0 Å². The molecule has 0 saturated heterocycles. The highest BCUT2D eigenvalue weighted by molar-refractivity contribution is 5.96. The maximum absolute atomic E-state index is 13.1. The molecule has 0 aliphatic carbocycles. The average molecular weight is 349 g/mol. The second-order valence-electron chi connectivity index (χ2n) is 4.67. The molecule has 24 heavy (non-hydrogen) atoms. The van der Waals surface area contributed by atoms with Crippen molar-refractivity contribution >= 4 is 5.84 Å². The van der Waals surface area contributed by atoms with Gasteiger partial charge in [-0.1, -0.05) is 5.16 Å². The van der Waals surface area contributed by atoms with Gasteiger partial charge >= 0.3 is 12.4 Å². The van der Waals surface area contributed by atoms with Crippen LogP contribution < -0.4 is 5.73 Å². The van der Waals surface area contributed by atoms with Crippen LogP contribution in [0.25, 0.3) is 11.1 Å². The van der Waals surface area contributed by atoms with Crippen LogP contribution in [0.15, 0.2) is 41.7 Å². The Hall–Kier alpha value is -2.78. The molecule has 3 N–H and O–H groups in total. The molecular formula is C14H9F6N3O. The lowest BCUT2D eigenvalue weighted by Gasteiger charge is -2.16. The van der Waals surface area contributed by atoms with Crippen molar-refractivity contribution in [2.75, 3.05) is 0 Å². The lowest BCUT2D eigenvalue weighted by molar-refractivity contribution is -0.141. The summed E-state index contributed by atoms with van der Waals surface area (Å²) in [5.74, 6) is -0.489. The highest BCUT2D eigenvalue weighted by Gasteiger charge is 2.37. The summed E-state index contributed by atoms with van der Waals surface area (Å²) in [5.41, 5.74) is 1.76. The van der Waals surface area contributed by atoms with E-state index in [9.17, 15) is 26.3 Å². The summed E-state index contributed by atoms with van der Waals surface area (Å²) in [7, 11) is 0. The van der Waals surface area contributed by atoms with Crippen molar-refractivity contribution in [1.82, 2.24) is 4.98 Å². The van der Waals surface area contributed by atoms with Gasteiger partial charge in [0.2, 0.25) is 0 Å². The van der Waals surface area contributed by atoms with Crippen LogP contribution in [0.3, 0.4) is 0 Å². The molecule has 4 nitrogen and oxygen atoms in total. The van der Waals surface area contributed by atoms with Gasteiger partial charge in [0.05, 0.1) is 11.1 Å². The molecule has 0 bridgehead atoms. The summed E-state index contributed by atoms with van der Waals surface area (Å²) < 4.78 is 77.7. The first kappa shape index (κ1) is 17.6. The number of hydrogen-bond acceptors (Lipinski definition) is 3. The molecule has 0 saturated carbocycles. The average Bonchev–Trinajstić information content (AvgIpc) is 2.52. The fourth-order valence-corrected chi connectivity index (χ4v) is 2.00. The number of aromatic nitrogens is 1. The van der Waals surface area contributed by atoms with Gasteiger partial charge in [-0.25, -0.2) is 0 Å². The Morgan fingerprint density at radius 3 is 2.21 bits per heavy atom. The van der Waals surface area contributed by atoms with Gasteiger partial charge < -0.3 is 10.9 Å². The molecule has 0 amide bonds. The van der Waals surface area contributed by atoms with Gasteiger partial charge in [0, 0.05) is 6.20 Å². The Bertz CT molecular complexity index is 783. The van der Waals surface area contributed by atoms with Crippen LogP contribution in [-0.2, 0) is 12.4 Å². The number of nitrogens with two attached hydrogens (primary N) is 1. The predicted molar refractivity (Wildman–Crippen MR) is 72.2 cm³/mol. The van der Waals surface area contributed by atoms with Gasteiger partial charge in [-0.05, 0) is 41.5 Å². The van der Waals surface area contributed by atoms with E-state index in [-0.39, 0.29) is 11.3 Å². The lowest BCUT2D eigenvalue weighted by atomic mass is 9.96. The number of pyridine rings is 1. The standard InChI is InChI=1S/C14H9F6N3O/c15-13(16,17)8-1-2-10(14(18,19)20)9(6-8)7-3-4-22-11(5-7)12(21)23-24/h1-6,24H,(H2,21,23). The first-order valence-electron chi connectivity index (χ1n) is 6.27. The van der Waals surface area contributed by atoms with E-state index in [2.05, 4.69) is 10.1 Å². The van der Waals surface area contributed by atoms with Gasteiger partial charge in [0.1, 0.15) is 5.69 Å². The minimum absolute atomic E-state index is 0.180. The third kappa shape index (κ3) is 3.58. The SMILES string of the molecule is NC(=NO)c1cc(-c2cc(C(F)(F)F)ccc2C(F)(F)F)ccn1. The maximum Gasteiger partial charge on any atom is 0.417 e. The minimum Gasteiger partial charge on any atom is -0.409 e. The van der Waals surface area contributed by atoms with E-state index in [1.54, 1.807) is 0 Å². The Kier molecular flexibility index (Phi) is 4.41. The summed E-state index contributed by atoms with van der Waals surface area (Å²) >= 11 is 0. The number of amidine groups is 1. The van der Waals surface area contributed by atoms with Crippen molar-refractivity contribution in [3.05, 3.63) is 53.3 Å². The predicted octanol–water partition coefficient (Wildman–Crippen LogP) is 3.88. The van der Waals surface area contributed by atoms with E-state index in [1.807, 2.05) is 0 Å². The van der Waals surface area contributed by atoms with Crippen molar-refractivity contribution in [2.45, 2.75) is 12.4 Å². The normalized spacial score (nSPS) is 13.2. The molecule has 0 fully saturated rings. The minimum atomic E-state index is -4.86. The number of halogens is 6. The van der Waals surface area contributed by atoms with Crippen molar-refractivity contribution in [2.24, 2.45) is 10.9 Å². The molecule has 0 spiro atoms. The second kappa shape index (κ2) is 6.02. The molecule has 0 aliphatic rings. The lowest BCUT2D eigenvalue weighted by Crippen LogP contribution is -2.15. The van der Waals surface area contributed by atoms with Gasteiger partial charge in [-0.2, -0.15) is 26.3 Å². The van der Waals surface area contributed by atoms with Crippen LogP contribution in [0.1, 0.15) is 16.8 Å². The molecule has 1 aromatic heterocycles.